The van der Waals surface area contributed by atoms with Crippen LogP contribution in [-0.4, -0.2) is 35.5 Å². The van der Waals surface area contributed by atoms with Gasteiger partial charge in [-0.3, -0.25) is 4.79 Å². The number of likely N-dealkylation sites (N-methyl/N-ethyl adjacent to an activating group) is 1. The van der Waals surface area contributed by atoms with E-state index in [1.54, 1.807) is 16.2 Å². The Hall–Kier alpha value is -1.40. The van der Waals surface area contributed by atoms with Crippen LogP contribution in [0.2, 0.25) is 5.28 Å². The fourth-order valence-electron chi connectivity index (χ4n) is 1.95. The molecule has 0 spiro atoms. The molecule has 2 aromatic rings. The van der Waals surface area contributed by atoms with Crippen LogP contribution in [0, 0.1) is 6.92 Å². The number of amides is 1. The summed E-state index contributed by atoms with van der Waals surface area (Å²) in [4.78, 5) is 24.1. The molecular weight excluding hydrogens is 296 g/mol. The van der Waals surface area contributed by atoms with Gasteiger partial charge in [-0.2, -0.15) is 4.98 Å². The highest BCUT2D eigenvalue weighted by Crippen LogP contribution is 2.31. The molecule has 1 amide bonds. The van der Waals surface area contributed by atoms with Gasteiger partial charge in [0.05, 0.1) is 11.9 Å². The number of nitrogens with one attached hydrogen (secondary N) is 1. The summed E-state index contributed by atoms with van der Waals surface area (Å²) < 4.78 is 0. The highest BCUT2D eigenvalue weighted by Gasteiger charge is 2.15. The van der Waals surface area contributed by atoms with Gasteiger partial charge >= 0.3 is 0 Å². The van der Waals surface area contributed by atoms with Crippen LogP contribution in [0.25, 0.3) is 10.2 Å². The van der Waals surface area contributed by atoms with Crippen LogP contribution in [0.1, 0.15) is 18.7 Å². The summed E-state index contributed by atoms with van der Waals surface area (Å²) in [6.45, 7) is 6.10. The number of aromatic nitrogens is 2. The summed E-state index contributed by atoms with van der Waals surface area (Å²) in [7, 11) is 1.82. The number of hydrogen-bond donors (Lipinski definition) is 1. The van der Waals surface area contributed by atoms with Crippen molar-refractivity contribution in [3.8, 4) is 0 Å². The van der Waals surface area contributed by atoms with E-state index in [0.717, 1.165) is 15.1 Å². The first-order valence-corrected chi connectivity index (χ1v) is 7.50. The minimum Gasteiger partial charge on any atom is -0.352 e. The number of aryl methyl sites for hydroxylation is 1. The number of thiophene rings is 1. The van der Waals surface area contributed by atoms with E-state index in [0.29, 0.717) is 5.82 Å². The average Bonchev–Trinajstić information content (AvgIpc) is 2.66. The predicted octanol–water partition coefficient (Wildman–Crippen LogP) is 2.61. The number of halogens is 1. The summed E-state index contributed by atoms with van der Waals surface area (Å²) in [6.07, 6.45) is 0. The zero-order chi connectivity index (χ0) is 14.9. The quantitative estimate of drug-likeness (QED) is 0.882. The summed E-state index contributed by atoms with van der Waals surface area (Å²) >= 11 is 7.52. The molecule has 2 heterocycles. The van der Waals surface area contributed by atoms with Gasteiger partial charge in [0.1, 0.15) is 10.6 Å². The van der Waals surface area contributed by atoms with Crippen molar-refractivity contribution in [1.82, 2.24) is 15.3 Å². The van der Waals surface area contributed by atoms with Gasteiger partial charge in [-0.25, -0.2) is 4.98 Å². The summed E-state index contributed by atoms with van der Waals surface area (Å²) in [5.41, 5.74) is 0. The second kappa shape index (κ2) is 5.93. The Bertz CT molecular complexity index is 641. The largest absolute Gasteiger partial charge is 0.352 e. The van der Waals surface area contributed by atoms with Crippen molar-refractivity contribution in [3.63, 3.8) is 0 Å². The molecule has 1 N–H and O–H groups in total. The van der Waals surface area contributed by atoms with Crippen LogP contribution in [0.5, 0.6) is 0 Å². The second-order valence-electron chi connectivity index (χ2n) is 4.97. The van der Waals surface area contributed by atoms with Crippen LogP contribution >= 0.6 is 22.9 Å². The molecule has 5 nitrogen and oxygen atoms in total. The highest BCUT2D eigenvalue weighted by molar-refractivity contribution is 7.18. The molecule has 2 rings (SSSR count). The average molecular weight is 313 g/mol. The molecule has 0 aromatic carbocycles. The molecule has 0 fully saturated rings. The molecule has 0 radical (unpaired) electrons. The van der Waals surface area contributed by atoms with Crippen LogP contribution in [0.4, 0.5) is 5.82 Å². The first kappa shape index (κ1) is 15.0. The molecule has 7 heteroatoms. The maximum Gasteiger partial charge on any atom is 0.239 e. The number of carbonyl (C=O) groups is 1. The molecule has 108 valence electrons. The normalized spacial score (nSPS) is 11.1. The van der Waals surface area contributed by atoms with Gasteiger partial charge in [0, 0.05) is 18.0 Å². The molecule has 0 aliphatic rings. The summed E-state index contributed by atoms with van der Waals surface area (Å²) in [5, 5.41) is 3.98. The van der Waals surface area contributed by atoms with Gasteiger partial charge in [0.15, 0.2) is 0 Å². The Morgan fingerprint density at radius 1 is 1.50 bits per heavy atom. The van der Waals surface area contributed by atoms with Crippen LogP contribution < -0.4 is 10.2 Å². The zero-order valence-electron chi connectivity index (χ0n) is 11.9. The maximum absolute atomic E-state index is 11.8. The van der Waals surface area contributed by atoms with E-state index >= 15 is 0 Å². The SMILES string of the molecule is Cc1cc2c(N(C)CC(=O)NC(C)C)nc(Cl)nc2s1. The van der Waals surface area contributed by atoms with E-state index in [1.807, 2.05) is 33.9 Å². The third-order valence-electron chi connectivity index (χ3n) is 2.66. The standard InChI is InChI=1S/C13H17ClN4OS/c1-7(2)15-10(19)6-18(4)11-9-5-8(3)20-12(9)17-13(14)16-11/h5,7H,6H2,1-4H3,(H,15,19). The number of hydrogen-bond acceptors (Lipinski definition) is 5. The van der Waals surface area contributed by atoms with Gasteiger partial charge in [0.25, 0.3) is 0 Å². The Morgan fingerprint density at radius 2 is 2.20 bits per heavy atom. The number of anilines is 1. The van der Waals surface area contributed by atoms with Crippen molar-refractivity contribution < 1.29 is 4.79 Å². The fraction of sp³-hybridized carbons (Fsp3) is 0.462. The van der Waals surface area contributed by atoms with Crippen molar-refractivity contribution >= 4 is 44.9 Å². The van der Waals surface area contributed by atoms with E-state index in [1.165, 1.54) is 0 Å². The highest BCUT2D eigenvalue weighted by atomic mass is 35.5. The van der Waals surface area contributed by atoms with Crippen LogP contribution in [-0.2, 0) is 4.79 Å². The van der Waals surface area contributed by atoms with Crippen LogP contribution in [0.15, 0.2) is 6.07 Å². The van der Waals surface area contributed by atoms with E-state index in [9.17, 15) is 4.79 Å². The Morgan fingerprint density at radius 3 is 2.85 bits per heavy atom. The van der Waals surface area contributed by atoms with Crippen molar-refractivity contribution in [2.24, 2.45) is 0 Å². The van der Waals surface area contributed by atoms with Crippen molar-refractivity contribution in [3.05, 3.63) is 16.2 Å². The number of carbonyl (C=O) groups excluding carboxylic acids is 1. The number of nitrogens with zero attached hydrogens (tertiary/aromatic N) is 3. The molecule has 0 bridgehead atoms. The molecule has 2 aromatic heterocycles. The van der Waals surface area contributed by atoms with Crippen molar-refractivity contribution in [2.75, 3.05) is 18.5 Å². The van der Waals surface area contributed by atoms with Crippen molar-refractivity contribution in [2.45, 2.75) is 26.8 Å². The lowest BCUT2D eigenvalue weighted by Gasteiger charge is -2.19. The van der Waals surface area contributed by atoms with E-state index in [2.05, 4.69) is 15.3 Å². The van der Waals surface area contributed by atoms with E-state index in [-0.39, 0.29) is 23.8 Å². The molecule has 0 aliphatic heterocycles. The molecule has 0 unspecified atom stereocenters. The zero-order valence-corrected chi connectivity index (χ0v) is 13.5. The van der Waals surface area contributed by atoms with Gasteiger partial charge in [-0.15, -0.1) is 11.3 Å². The Kier molecular flexibility index (Phi) is 4.45. The fourth-order valence-corrected chi connectivity index (χ4v) is 3.04. The molecular formula is C13H17ClN4OS. The molecule has 0 atom stereocenters. The summed E-state index contributed by atoms with van der Waals surface area (Å²) in [5.74, 6) is 0.639. The minimum absolute atomic E-state index is 0.0441. The van der Waals surface area contributed by atoms with E-state index in [4.69, 9.17) is 11.6 Å². The van der Waals surface area contributed by atoms with Gasteiger partial charge in [-0.1, -0.05) is 0 Å². The van der Waals surface area contributed by atoms with Gasteiger partial charge < -0.3 is 10.2 Å². The number of rotatable bonds is 4. The smallest absolute Gasteiger partial charge is 0.239 e. The third kappa shape index (κ3) is 3.37. The predicted molar refractivity (Wildman–Crippen MR) is 83.7 cm³/mol. The van der Waals surface area contributed by atoms with E-state index < -0.39 is 0 Å². The lowest BCUT2D eigenvalue weighted by atomic mass is 10.3. The second-order valence-corrected chi connectivity index (χ2v) is 6.54. The van der Waals surface area contributed by atoms with Gasteiger partial charge in [-0.05, 0) is 38.4 Å². The number of fused-ring (bicyclic) bond motifs is 1. The first-order valence-electron chi connectivity index (χ1n) is 6.31. The maximum atomic E-state index is 11.8. The summed E-state index contributed by atoms with van der Waals surface area (Å²) in [6, 6.07) is 2.14. The Labute approximate surface area is 127 Å². The third-order valence-corrected chi connectivity index (χ3v) is 3.77. The lowest BCUT2D eigenvalue weighted by Crippen LogP contribution is -2.38. The van der Waals surface area contributed by atoms with Crippen molar-refractivity contribution in [1.29, 1.82) is 0 Å². The lowest BCUT2D eigenvalue weighted by molar-refractivity contribution is -0.120. The molecule has 0 aliphatic carbocycles. The Balaban J connectivity index is 2.29. The topological polar surface area (TPSA) is 58.1 Å². The molecule has 0 saturated heterocycles. The van der Waals surface area contributed by atoms with Gasteiger partial charge in [0.2, 0.25) is 11.2 Å². The molecule has 0 saturated carbocycles. The minimum atomic E-state index is -0.0441. The monoisotopic (exact) mass is 312 g/mol. The first-order chi connectivity index (χ1) is 9.36. The van der Waals surface area contributed by atoms with Crippen LogP contribution in [0.3, 0.4) is 0 Å². The molecule has 20 heavy (non-hydrogen) atoms.